The average Bonchev–Trinajstić information content (AvgIpc) is 3.10. The van der Waals surface area contributed by atoms with Gasteiger partial charge in [-0.1, -0.05) is 65.5 Å². The molecular formula is C30H50O3. The molecule has 0 saturated heterocycles. The molecule has 0 aliphatic heterocycles. The van der Waals surface area contributed by atoms with Crippen molar-refractivity contribution in [3.8, 4) is 0 Å². The van der Waals surface area contributed by atoms with Crippen LogP contribution in [0, 0.1) is 46.3 Å². The van der Waals surface area contributed by atoms with Gasteiger partial charge in [0, 0.05) is 0 Å². The van der Waals surface area contributed by atoms with Gasteiger partial charge in [0.25, 0.3) is 0 Å². The average molecular weight is 459 g/mol. The molecule has 0 aromatic carbocycles. The van der Waals surface area contributed by atoms with Gasteiger partial charge in [0.05, 0.1) is 19.1 Å². The molecule has 4 rings (SSSR count). The first kappa shape index (κ1) is 25.3. The van der Waals surface area contributed by atoms with Gasteiger partial charge in [-0.05, 0) is 97.7 Å². The molecule has 4 unspecified atom stereocenters. The zero-order chi connectivity index (χ0) is 23.8. The lowest BCUT2D eigenvalue weighted by Crippen LogP contribution is -2.51. The summed E-state index contributed by atoms with van der Waals surface area (Å²) in [5, 5.41) is 8.92. The Kier molecular flexibility index (Phi) is 7.68. The molecule has 0 heterocycles. The monoisotopic (exact) mass is 458 g/mol. The van der Waals surface area contributed by atoms with E-state index in [2.05, 4.69) is 40.7 Å². The molecule has 3 heteroatoms. The first-order valence-electron chi connectivity index (χ1n) is 14.2. The minimum absolute atomic E-state index is 0.120. The topological polar surface area (TPSA) is 46.5 Å². The van der Waals surface area contributed by atoms with Crippen LogP contribution >= 0.6 is 0 Å². The van der Waals surface area contributed by atoms with Crippen LogP contribution in [-0.4, -0.2) is 23.8 Å². The Morgan fingerprint density at radius 2 is 1.88 bits per heavy atom. The van der Waals surface area contributed by atoms with Crippen molar-refractivity contribution in [2.75, 3.05) is 6.61 Å². The number of fused-ring (bicyclic) bond motifs is 5. The molecule has 0 spiro atoms. The Bertz CT molecular complexity index is 726. The van der Waals surface area contributed by atoms with Crippen LogP contribution in [0.1, 0.15) is 112 Å². The fraction of sp³-hybridized carbons (Fsp3) is 0.900. The summed E-state index contributed by atoms with van der Waals surface area (Å²) in [6.45, 7) is 12.9. The van der Waals surface area contributed by atoms with Crippen LogP contribution < -0.4 is 0 Å². The van der Waals surface area contributed by atoms with E-state index in [1.807, 2.05) is 0 Å². The van der Waals surface area contributed by atoms with E-state index in [0.29, 0.717) is 17.4 Å². The van der Waals surface area contributed by atoms with E-state index < -0.39 is 5.97 Å². The third-order valence-corrected chi connectivity index (χ3v) is 10.9. The predicted octanol–water partition coefficient (Wildman–Crippen LogP) is 7.89. The maximum Gasteiger partial charge on any atom is 0.305 e. The number of hydrogen-bond donors (Lipinski definition) is 1. The van der Waals surface area contributed by atoms with Crippen LogP contribution in [0.2, 0.25) is 0 Å². The number of aliphatic carboxylic acids is 1. The second-order valence-electron chi connectivity index (χ2n) is 13.2. The number of hydrogen-bond acceptors (Lipinski definition) is 2. The third-order valence-electron chi connectivity index (χ3n) is 10.9. The highest BCUT2D eigenvalue weighted by atomic mass is 16.5. The second kappa shape index (κ2) is 10.0. The van der Waals surface area contributed by atoms with Gasteiger partial charge in [-0.3, -0.25) is 4.79 Å². The fourth-order valence-electron chi connectivity index (χ4n) is 9.11. The van der Waals surface area contributed by atoms with Crippen molar-refractivity contribution in [3.05, 3.63) is 11.6 Å². The molecule has 3 saturated carbocycles. The number of carboxylic acid groups (broad SMARTS) is 1. The number of allylic oxidation sites excluding steroid dienone is 1. The number of carbonyl (C=O) groups is 1. The largest absolute Gasteiger partial charge is 0.481 e. The van der Waals surface area contributed by atoms with E-state index in [1.165, 1.54) is 57.8 Å². The molecule has 188 valence electrons. The van der Waals surface area contributed by atoms with Crippen LogP contribution in [0.3, 0.4) is 0 Å². The summed E-state index contributed by atoms with van der Waals surface area (Å²) >= 11 is 0. The van der Waals surface area contributed by atoms with Crippen LogP contribution in [0.4, 0.5) is 0 Å². The summed E-state index contributed by atoms with van der Waals surface area (Å²) in [4.78, 5) is 10.8. The molecule has 0 aromatic heterocycles. The summed E-state index contributed by atoms with van der Waals surface area (Å²) in [5.41, 5.74) is 2.53. The predicted molar refractivity (Wildman–Crippen MR) is 135 cm³/mol. The minimum Gasteiger partial charge on any atom is -0.481 e. The normalized spacial score (nSPS) is 41.2. The summed E-state index contributed by atoms with van der Waals surface area (Å²) in [7, 11) is 0. The highest BCUT2D eigenvalue weighted by Crippen LogP contribution is 2.67. The molecule has 8 atom stereocenters. The van der Waals surface area contributed by atoms with Gasteiger partial charge in [0.15, 0.2) is 0 Å². The number of ether oxygens (including phenoxy) is 1. The zero-order valence-electron chi connectivity index (χ0n) is 22.1. The first-order valence-corrected chi connectivity index (χ1v) is 14.2. The summed E-state index contributed by atoms with van der Waals surface area (Å²) in [6.07, 6.45) is 17.5. The van der Waals surface area contributed by atoms with E-state index in [0.717, 1.165) is 48.3 Å². The van der Waals surface area contributed by atoms with Crippen molar-refractivity contribution in [1.82, 2.24) is 0 Å². The molecule has 4 aliphatic rings. The van der Waals surface area contributed by atoms with Gasteiger partial charge in [-0.15, -0.1) is 0 Å². The SMILES string of the molecule is CC(C)CCC[C@@H](C)[C@H]1CCC2C3CC=C4CC(OCCC(=O)O)CC[C@]4(C)C3CC[C@@]21C. The Labute approximate surface area is 203 Å². The molecule has 4 aliphatic carbocycles. The van der Waals surface area contributed by atoms with Gasteiger partial charge in [0.1, 0.15) is 0 Å². The van der Waals surface area contributed by atoms with Crippen molar-refractivity contribution in [1.29, 1.82) is 0 Å². The number of carboxylic acids is 1. The molecule has 3 fully saturated rings. The Balaban J connectivity index is 1.41. The third kappa shape index (κ3) is 4.95. The van der Waals surface area contributed by atoms with E-state index >= 15 is 0 Å². The van der Waals surface area contributed by atoms with E-state index in [9.17, 15) is 4.79 Å². The van der Waals surface area contributed by atoms with E-state index in [1.54, 1.807) is 5.57 Å². The molecule has 33 heavy (non-hydrogen) atoms. The lowest BCUT2D eigenvalue weighted by molar-refractivity contribution is -0.139. The highest BCUT2D eigenvalue weighted by molar-refractivity contribution is 5.66. The number of rotatable bonds is 9. The van der Waals surface area contributed by atoms with Crippen molar-refractivity contribution < 1.29 is 14.6 Å². The Hall–Kier alpha value is -0.830. The summed E-state index contributed by atoms with van der Waals surface area (Å²) < 4.78 is 5.97. The van der Waals surface area contributed by atoms with Crippen molar-refractivity contribution in [3.63, 3.8) is 0 Å². The van der Waals surface area contributed by atoms with E-state index in [-0.39, 0.29) is 12.5 Å². The minimum atomic E-state index is -0.760. The fourth-order valence-corrected chi connectivity index (χ4v) is 9.11. The van der Waals surface area contributed by atoms with Gasteiger partial charge >= 0.3 is 5.97 Å². The van der Waals surface area contributed by atoms with Crippen molar-refractivity contribution in [2.45, 2.75) is 118 Å². The lowest BCUT2D eigenvalue weighted by atomic mass is 9.47. The second-order valence-corrected chi connectivity index (χ2v) is 13.2. The molecule has 3 nitrogen and oxygen atoms in total. The van der Waals surface area contributed by atoms with E-state index in [4.69, 9.17) is 9.84 Å². The van der Waals surface area contributed by atoms with Crippen molar-refractivity contribution >= 4 is 5.97 Å². The molecule has 0 radical (unpaired) electrons. The summed E-state index contributed by atoms with van der Waals surface area (Å²) in [6, 6.07) is 0. The lowest BCUT2D eigenvalue weighted by Gasteiger charge is -2.58. The van der Waals surface area contributed by atoms with Crippen molar-refractivity contribution in [2.24, 2.45) is 46.3 Å². The van der Waals surface area contributed by atoms with Gasteiger partial charge in [-0.2, -0.15) is 0 Å². The molecule has 1 N–H and O–H groups in total. The van der Waals surface area contributed by atoms with Gasteiger partial charge < -0.3 is 9.84 Å². The smallest absolute Gasteiger partial charge is 0.305 e. The standard InChI is InChI=1S/C30H50O3/c1-20(2)7-6-8-21(3)25-11-12-26-24-10-9-22-19-23(33-18-15-28(31)32)13-16-29(22,4)27(24)14-17-30(25,26)5/h9,20-21,23-27H,6-8,10-19H2,1-5H3,(H,31,32)/t21-,23?,24?,25-,26?,27?,29+,30-/m1/s1. The Morgan fingerprint density at radius 3 is 2.61 bits per heavy atom. The van der Waals surface area contributed by atoms with Crippen LogP contribution in [0.25, 0.3) is 0 Å². The molecule has 0 amide bonds. The van der Waals surface area contributed by atoms with Gasteiger partial charge in [0.2, 0.25) is 0 Å². The maximum absolute atomic E-state index is 10.8. The highest BCUT2D eigenvalue weighted by Gasteiger charge is 2.59. The quantitative estimate of drug-likeness (QED) is 0.357. The summed E-state index contributed by atoms with van der Waals surface area (Å²) in [5.74, 6) is 4.49. The maximum atomic E-state index is 10.8. The van der Waals surface area contributed by atoms with Crippen LogP contribution in [0.5, 0.6) is 0 Å². The molecule has 0 bridgehead atoms. The molecule has 0 aromatic rings. The van der Waals surface area contributed by atoms with Crippen LogP contribution in [-0.2, 0) is 9.53 Å². The van der Waals surface area contributed by atoms with Gasteiger partial charge in [-0.25, -0.2) is 0 Å². The molecular weight excluding hydrogens is 408 g/mol. The Morgan fingerprint density at radius 1 is 1.09 bits per heavy atom. The van der Waals surface area contributed by atoms with Crippen LogP contribution in [0.15, 0.2) is 11.6 Å². The zero-order valence-corrected chi connectivity index (χ0v) is 22.1. The first-order chi connectivity index (χ1) is 15.6.